The Labute approximate surface area is 250 Å². The maximum absolute atomic E-state index is 14.5. The molecular formula is C34H34F2N6O. The van der Waals surface area contributed by atoms with E-state index in [1.807, 2.05) is 66.6 Å². The molecule has 0 saturated carbocycles. The molecule has 9 heteroatoms. The molecule has 0 radical (unpaired) electrons. The first kappa shape index (κ1) is 29.8. The van der Waals surface area contributed by atoms with Crippen LogP contribution in [0.3, 0.4) is 0 Å². The number of pyridine rings is 1. The largest absolute Gasteiger partial charge is 0.328 e. The van der Waals surface area contributed by atoms with Crippen molar-refractivity contribution in [2.45, 2.75) is 51.7 Å². The minimum atomic E-state index is -3.04. The number of carbonyl (C=O) groups excluding carboxylic acids is 1. The highest BCUT2D eigenvalue weighted by atomic mass is 19.3. The van der Waals surface area contributed by atoms with Gasteiger partial charge in [0.05, 0.1) is 37.7 Å². The molecule has 2 aromatic carbocycles. The van der Waals surface area contributed by atoms with E-state index in [4.69, 9.17) is 0 Å². The molecule has 0 saturated heterocycles. The molecule has 0 fully saturated rings. The average molecular weight is 581 g/mol. The van der Waals surface area contributed by atoms with Crippen LogP contribution < -0.4 is 10.2 Å². The van der Waals surface area contributed by atoms with Crippen molar-refractivity contribution in [3.05, 3.63) is 101 Å². The molecule has 7 nitrogen and oxygen atoms in total. The highest BCUT2D eigenvalue weighted by Crippen LogP contribution is 2.34. The summed E-state index contributed by atoms with van der Waals surface area (Å²) in [5.41, 5.74) is 4.95. The Balaban J connectivity index is 1.32. The van der Waals surface area contributed by atoms with Crippen molar-refractivity contribution < 1.29 is 13.6 Å². The zero-order valence-corrected chi connectivity index (χ0v) is 24.7. The van der Waals surface area contributed by atoms with Gasteiger partial charge in [-0.1, -0.05) is 24.1 Å². The van der Waals surface area contributed by atoms with E-state index < -0.39 is 5.92 Å². The van der Waals surface area contributed by atoms with Crippen molar-refractivity contribution in [2.75, 3.05) is 18.0 Å². The van der Waals surface area contributed by atoms with Gasteiger partial charge in [0.2, 0.25) is 0 Å². The number of ketones is 1. The highest BCUT2D eigenvalue weighted by molar-refractivity contribution is 5.98. The Morgan fingerprint density at radius 1 is 1.19 bits per heavy atom. The van der Waals surface area contributed by atoms with Gasteiger partial charge in [0, 0.05) is 41.5 Å². The number of aryl methyl sites for hydroxylation is 1. The molecule has 0 amide bonds. The zero-order valence-electron chi connectivity index (χ0n) is 24.7. The summed E-state index contributed by atoms with van der Waals surface area (Å²) in [4.78, 5) is 27.9. The number of benzene rings is 2. The Hall–Kier alpha value is -4.68. The van der Waals surface area contributed by atoms with Gasteiger partial charge in [0.25, 0.3) is 5.92 Å². The molecule has 5 rings (SSSR count). The monoisotopic (exact) mass is 580 g/mol. The van der Waals surface area contributed by atoms with Crippen LogP contribution in [0, 0.1) is 18.8 Å². The van der Waals surface area contributed by atoms with Gasteiger partial charge in [-0.15, -0.1) is 0 Å². The van der Waals surface area contributed by atoms with Crippen LogP contribution in [0.25, 0.3) is 5.65 Å². The van der Waals surface area contributed by atoms with Crippen molar-refractivity contribution >= 4 is 30.2 Å². The summed E-state index contributed by atoms with van der Waals surface area (Å²) in [5.74, 6) is 3.18. The predicted molar refractivity (Wildman–Crippen MR) is 168 cm³/mol. The number of aromatic nitrogens is 2. The first-order chi connectivity index (χ1) is 20.5. The molecule has 220 valence electrons. The summed E-state index contributed by atoms with van der Waals surface area (Å²) in [6.45, 7) is 10.7. The van der Waals surface area contributed by atoms with Crippen LogP contribution in [0.1, 0.15) is 65.1 Å². The number of aliphatic imine (C=N–C) groups is 2. The molecule has 0 aliphatic carbocycles. The van der Waals surface area contributed by atoms with Gasteiger partial charge < -0.3 is 10.2 Å². The number of fused-ring (bicyclic) bond motifs is 1. The molecule has 0 bridgehead atoms. The number of alkyl halides is 2. The standard InChI is InChI=1S/C34H34F2N6O/c1-22-9-10-26(14-25(22)11-12-29-18-39-33-8-6-7-13-41(29)33)32(43)20-38-23(2)27-15-28(34(4,35)36)17-30(16-27)42-21-40-31(19-37-5)24(42)3/h6-10,13-18,21,23-24,31,38H,5,19-20H2,1-4H3/t23-,24?,31?/m1/s1. The summed E-state index contributed by atoms with van der Waals surface area (Å²) >= 11 is 0. The van der Waals surface area contributed by atoms with Crippen molar-refractivity contribution in [1.82, 2.24) is 14.7 Å². The Kier molecular flexibility index (Phi) is 8.51. The van der Waals surface area contributed by atoms with Crippen LogP contribution in [0.4, 0.5) is 14.5 Å². The SMILES string of the molecule is C=NCC1N=CN(c2cc([C@@H](C)NCC(=O)c3ccc(C)c(C#Cc4cnc5ccccn45)c3)cc(C(C)(F)F)c2)C1C. The molecule has 0 spiro atoms. The van der Waals surface area contributed by atoms with Gasteiger partial charge in [0.15, 0.2) is 5.78 Å². The van der Waals surface area contributed by atoms with Crippen LogP contribution in [0.5, 0.6) is 0 Å². The van der Waals surface area contributed by atoms with Crippen LogP contribution in [0.2, 0.25) is 0 Å². The lowest BCUT2D eigenvalue weighted by atomic mass is 9.99. The fourth-order valence-electron chi connectivity index (χ4n) is 5.05. The number of halogens is 2. The second-order valence-electron chi connectivity index (χ2n) is 11.0. The summed E-state index contributed by atoms with van der Waals surface area (Å²) in [6.07, 6.45) is 5.30. The topological polar surface area (TPSA) is 74.4 Å². The molecule has 4 aromatic rings. The summed E-state index contributed by atoms with van der Waals surface area (Å²) in [5, 5.41) is 3.23. The number of nitrogens with one attached hydrogen (secondary N) is 1. The quantitative estimate of drug-likeness (QED) is 0.150. The Morgan fingerprint density at radius 2 is 2.00 bits per heavy atom. The van der Waals surface area contributed by atoms with Crippen LogP contribution in [-0.4, -0.2) is 53.4 Å². The molecule has 1 aliphatic rings. The number of nitrogens with zero attached hydrogens (tertiary/aromatic N) is 5. The van der Waals surface area contributed by atoms with E-state index in [2.05, 4.69) is 38.8 Å². The number of hydrogen-bond donors (Lipinski definition) is 1. The lowest BCUT2D eigenvalue weighted by molar-refractivity contribution is 0.0174. The van der Waals surface area contributed by atoms with E-state index in [1.54, 1.807) is 24.7 Å². The van der Waals surface area contributed by atoms with Crippen LogP contribution in [-0.2, 0) is 5.92 Å². The maximum Gasteiger partial charge on any atom is 0.270 e. The minimum absolute atomic E-state index is 0.0289. The van der Waals surface area contributed by atoms with E-state index in [9.17, 15) is 13.6 Å². The number of Topliss-reactive ketones (excluding diaryl/α,β-unsaturated/α-hetero) is 1. The molecule has 1 aliphatic heterocycles. The molecule has 2 aromatic heterocycles. The Morgan fingerprint density at radius 3 is 2.77 bits per heavy atom. The normalized spacial score (nSPS) is 17.1. The van der Waals surface area contributed by atoms with Gasteiger partial charge in [-0.2, -0.15) is 0 Å². The summed E-state index contributed by atoms with van der Waals surface area (Å²) in [6, 6.07) is 15.5. The number of anilines is 1. The van der Waals surface area contributed by atoms with Crippen molar-refractivity contribution in [3.8, 4) is 11.8 Å². The van der Waals surface area contributed by atoms with Gasteiger partial charge in [-0.05, 0) is 80.9 Å². The Bertz CT molecular complexity index is 1760. The molecule has 1 N–H and O–H groups in total. The van der Waals surface area contributed by atoms with E-state index in [0.29, 0.717) is 23.4 Å². The molecular weight excluding hydrogens is 546 g/mol. The van der Waals surface area contributed by atoms with E-state index >= 15 is 0 Å². The second kappa shape index (κ2) is 12.3. The van der Waals surface area contributed by atoms with Crippen molar-refractivity contribution in [3.63, 3.8) is 0 Å². The van der Waals surface area contributed by atoms with Crippen LogP contribution >= 0.6 is 0 Å². The maximum atomic E-state index is 14.5. The third-order valence-corrected chi connectivity index (χ3v) is 7.81. The molecule has 2 unspecified atom stereocenters. The summed E-state index contributed by atoms with van der Waals surface area (Å²) in [7, 11) is 0. The van der Waals surface area contributed by atoms with Gasteiger partial charge >= 0.3 is 0 Å². The molecule has 3 heterocycles. The van der Waals surface area contributed by atoms with Crippen LogP contribution in [0.15, 0.2) is 77.0 Å². The molecule has 43 heavy (non-hydrogen) atoms. The summed E-state index contributed by atoms with van der Waals surface area (Å²) < 4.78 is 31.0. The van der Waals surface area contributed by atoms with Crippen molar-refractivity contribution in [1.29, 1.82) is 0 Å². The average Bonchev–Trinajstić information content (AvgIpc) is 3.57. The number of imidazole rings is 1. The van der Waals surface area contributed by atoms with Gasteiger partial charge in [-0.3, -0.25) is 19.2 Å². The fourth-order valence-corrected chi connectivity index (χ4v) is 5.05. The zero-order chi connectivity index (χ0) is 30.7. The first-order valence-electron chi connectivity index (χ1n) is 14.1. The highest BCUT2D eigenvalue weighted by Gasteiger charge is 2.31. The second-order valence-corrected chi connectivity index (χ2v) is 11.0. The van der Waals surface area contributed by atoms with E-state index in [0.717, 1.165) is 29.4 Å². The predicted octanol–water partition coefficient (Wildman–Crippen LogP) is 5.99. The third kappa shape index (κ3) is 6.55. The lowest BCUT2D eigenvalue weighted by Gasteiger charge is -2.27. The van der Waals surface area contributed by atoms with E-state index in [1.165, 1.54) is 12.1 Å². The first-order valence-corrected chi connectivity index (χ1v) is 14.1. The van der Waals surface area contributed by atoms with Gasteiger partial charge in [-0.25, -0.2) is 13.8 Å². The smallest absolute Gasteiger partial charge is 0.270 e. The number of hydrogen-bond acceptors (Lipinski definition) is 6. The molecule has 3 atom stereocenters. The van der Waals surface area contributed by atoms with Crippen molar-refractivity contribution in [2.24, 2.45) is 9.98 Å². The lowest BCUT2D eigenvalue weighted by Crippen LogP contribution is -2.35. The third-order valence-electron chi connectivity index (χ3n) is 7.81. The number of carbonyl (C=O) groups is 1. The van der Waals surface area contributed by atoms with Gasteiger partial charge in [0.1, 0.15) is 11.3 Å². The number of rotatable bonds is 9. The minimum Gasteiger partial charge on any atom is -0.328 e. The fraction of sp³-hybridized carbons (Fsp3) is 0.294. The van der Waals surface area contributed by atoms with E-state index in [-0.39, 0.29) is 36.0 Å².